The number of amides is 2. The van der Waals surface area contributed by atoms with Crippen molar-refractivity contribution < 1.29 is 9.53 Å². The van der Waals surface area contributed by atoms with Crippen LogP contribution in [0, 0.1) is 6.92 Å². The van der Waals surface area contributed by atoms with Crippen LogP contribution in [0.25, 0.3) is 0 Å². The van der Waals surface area contributed by atoms with Gasteiger partial charge in [-0.1, -0.05) is 42.0 Å². The van der Waals surface area contributed by atoms with E-state index in [2.05, 4.69) is 36.5 Å². The number of para-hydroxylation sites is 2. The van der Waals surface area contributed by atoms with Crippen LogP contribution in [-0.4, -0.2) is 24.6 Å². The maximum atomic E-state index is 12.7. The first-order valence-corrected chi connectivity index (χ1v) is 7.96. The molecule has 0 aromatic heterocycles. The van der Waals surface area contributed by atoms with Crippen LogP contribution in [0.3, 0.4) is 0 Å². The standard InChI is InChI=1S/C19H22N2O2/c1-14-7-5-8-15(13-14)17-10-6-12-21(17)19(22)20-16-9-3-4-11-18(16)23-2/h3-5,7-9,11,13,17H,6,10,12H2,1-2H3,(H,20,22). The molecule has 0 aliphatic carbocycles. The summed E-state index contributed by atoms with van der Waals surface area (Å²) in [6, 6.07) is 16.0. The molecule has 2 aromatic carbocycles. The Morgan fingerprint density at radius 3 is 2.83 bits per heavy atom. The highest BCUT2D eigenvalue weighted by molar-refractivity contribution is 5.91. The number of methoxy groups -OCH3 is 1. The van der Waals surface area contributed by atoms with Crippen LogP contribution in [0.4, 0.5) is 10.5 Å². The van der Waals surface area contributed by atoms with Gasteiger partial charge in [0.15, 0.2) is 0 Å². The van der Waals surface area contributed by atoms with Gasteiger partial charge in [-0.05, 0) is 37.5 Å². The summed E-state index contributed by atoms with van der Waals surface area (Å²) in [4.78, 5) is 14.6. The van der Waals surface area contributed by atoms with Gasteiger partial charge in [-0.2, -0.15) is 0 Å². The molecule has 2 amide bonds. The van der Waals surface area contributed by atoms with E-state index in [1.54, 1.807) is 7.11 Å². The molecule has 1 aliphatic heterocycles. The van der Waals surface area contributed by atoms with Gasteiger partial charge in [-0.15, -0.1) is 0 Å². The van der Waals surface area contributed by atoms with Gasteiger partial charge in [0, 0.05) is 6.54 Å². The molecule has 2 aromatic rings. The third-order valence-corrected chi connectivity index (χ3v) is 4.29. The van der Waals surface area contributed by atoms with E-state index in [0.29, 0.717) is 11.4 Å². The second kappa shape index (κ2) is 6.73. The zero-order chi connectivity index (χ0) is 16.2. The number of rotatable bonds is 3. The van der Waals surface area contributed by atoms with Gasteiger partial charge in [0.25, 0.3) is 0 Å². The Kier molecular flexibility index (Phi) is 4.51. The van der Waals surface area contributed by atoms with E-state index in [4.69, 9.17) is 4.74 Å². The van der Waals surface area contributed by atoms with Crippen molar-refractivity contribution in [1.82, 2.24) is 4.90 Å². The fourth-order valence-corrected chi connectivity index (χ4v) is 3.17. The minimum Gasteiger partial charge on any atom is -0.495 e. The topological polar surface area (TPSA) is 41.6 Å². The first kappa shape index (κ1) is 15.4. The number of nitrogens with one attached hydrogen (secondary N) is 1. The highest BCUT2D eigenvalue weighted by Gasteiger charge is 2.30. The van der Waals surface area contributed by atoms with Crippen molar-refractivity contribution in [3.8, 4) is 5.75 Å². The number of likely N-dealkylation sites (tertiary alicyclic amines) is 1. The van der Waals surface area contributed by atoms with Crippen LogP contribution in [0.5, 0.6) is 5.75 Å². The van der Waals surface area contributed by atoms with Gasteiger partial charge in [0.2, 0.25) is 0 Å². The fraction of sp³-hybridized carbons (Fsp3) is 0.316. The van der Waals surface area contributed by atoms with Crippen molar-refractivity contribution in [3.05, 3.63) is 59.7 Å². The molecule has 0 radical (unpaired) electrons. The second-order valence-corrected chi connectivity index (χ2v) is 5.90. The summed E-state index contributed by atoms with van der Waals surface area (Å²) >= 11 is 0. The Morgan fingerprint density at radius 2 is 2.04 bits per heavy atom. The third-order valence-electron chi connectivity index (χ3n) is 4.29. The van der Waals surface area contributed by atoms with Gasteiger partial charge in [-0.3, -0.25) is 0 Å². The molecule has 0 spiro atoms. The van der Waals surface area contributed by atoms with Crippen molar-refractivity contribution in [2.75, 3.05) is 19.0 Å². The quantitative estimate of drug-likeness (QED) is 0.914. The van der Waals surface area contributed by atoms with Crippen LogP contribution < -0.4 is 10.1 Å². The molecule has 0 saturated carbocycles. The number of benzene rings is 2. The fourth-order valence-electron chi connectivity index (χ4n) is 3.17. The molecule has 4 heteroatoms. The molecule has 1 atom stereocenters. The number of carbonyl (C=O) groups is 1. The monoisotopic (exact) mass is 310 g/mol. The summed E-state index contributed by atoms with van der Waals surface area (Å²) in [5.41, 5.74) is 3.13. The number of urea groups is 1. The van der Waals surface area contributed by atoms with Gasteiger partial charge in [0.1, 0.15) is 5.75 Å². The predicted octanol–water partition coefficient (Wildman–Crippen LogP) is 4.37. The Labute approximate surface area is 137 Å². The number of aryl methyl sites for hydroxylation is 1. The van der Waals surface area contributed by atoms with Crippen LogP contribution in [0.2, 0.25) is 0 Å². The summed E-state index contributed by atoms with van der Waals surface area (Å²) in [5, 5.41) is 2.98. The lowest BCUT2D eigenvalue weighted by molar-refractivity contribution is 0.207. The lowest BCUT2D eigenvalue weighted by Gasteiger charge is -2.26. The van der Waals surface area contributed by atoms with Crippen molar-refractivity contribution >= 4 is 11.7 Å². The van der Waals surface area contributed by atoms with E-state index in [1.807, 2.05) is 29.2 Å². The third kappa shape index (κ3) is 3.31. The van der Waals surface area contributed by atoms with Crippen LogP contribution in [0.1, 0.15) is 30.0 Å². The molecule has 1 saturated heterocycles. The molecular weight excluding hydrogens is 288 g/mol. The Balaban J connectivity index is 1.78. The van der Waals surface area contributed by atoms with Crippen molar-refractivity contribution in [2.24, 2.45) is 0 Å². The number of carbonyl (C=O) groups excluding carboxylic acids is 1. The molecule has 4 nitrogen and oxygen atoms in total. The van der Waals surface area contributed by atoms with Gasteiger partial charge < -0.3 is 15.0 Å². The second-order valence-electron chi connectivity index (χ2n) is 5.90. The van der Waals surface area contributed by atoms with E-state index in [0.717, 1.165) is 19.4 Å². The molecule has 1 aliphatic rings. The smallest absolute Gasteiger partial charge is 0.322 e. The molecular formula is C19H22N2O2. The average Bonchev–Trinajstić information content (AvgIpc) is 3.05. The van der Waals surface area contributed by atoms with Crippen LogP contribution >= 0.6 is 0 Å². The summed E-state index contributed by atoms with van der Waals surface area (Å²) in [5.74, 6) is 0.673. The lowest BCUT2D eigenvalue weighted by atomic mass is 10.0. The summed E-state index contributed by atoms with van der Waals surface area (Å²) < 4.78 is 5.30. The molecule has 1 unspecified atom stereocenters. The maximum absolute atomic E-state index is 12.7. The number of anilines is 1. The van der Waals surface area contributed by atoms with Gasteiger partial charge >= 0.3 is 6.03 Å². The number of nitrogens with zero attached hydrogens (tertiary/aromatic N) is 1. The Morgan fingerprint density at radius 1 is 1.22 bits per heavy atom. The normalized spacial score (nSPS) is 17.1. The maximum Gasteiger partial charge on any atom is 0.322 e. The van der Waals surface area contributed by atoms with E-state index < -0.39 is 0 Å². The summed E-state index contributed by atoms with van der Waals surface area (Å²) in [7, 11) is 1.61. The predicted molar refractivity (Wildman–Crippen MR) is 91.9 cm³/mol. The molecule has 120 valence electrons. The average molecular weight is 310 g/mol. The lowest BCUT2D eigenvalue weighted by Crippen LogP contribution is -2.34. The van der Waals surface area contributed by atoms with E-state index in [1.165, 1.54) is 11.1 Å². The highest BCUT2D eigenvalue weighted by Crippen LogP contribution is 2.33. The number of hydrogen-bond donors (Lipinski definition) is 1. The van der Waals surface area contributed by atoms with Crippen molar-refractivity contribution in [2.45, 2.75) is 25.8 Å². The van der Waals surface area contributed by atoms with Gasteiger partial charge in [0.05, 0.1) is 18.8 Å². The van der Waals surface area contributed by atoms with Gasteiger partial charge in [-0.25, -0.2) is 4.79 Å². The summed E-state index contributed by atoms with van der Waals surface area (Å²) in [6.45, 7) is 2.86. The molecule has 0 bridgehead atoms. The first-order chi connectivity index (χ1) is 11.2. The highest BCUT2D eigenvalue weighted by atomic mass is 16.5. The van der Waals surface area contributed by atoms with Crippen molar-refractivity contribution in [1.29, 1.82) is 0 Å². The number of ether oxygens (including phenoxy) is 1. The zero-order valence-electron chi connectivity index (χ0n) is 13.6. The number of hydrogen-bond acceptors (Lipinski definition) is 2. The molecule has 3 rings (SSSR count). The minimum atomic E-state index is -0.0708. The Bertz CT molecular complexity index is 699. The molecule has 23 heavy (non-hydrogen) atoms. The minimum absolute atomic E-state index is 0.0708. The summed E-state index contributed by atoms with van der Waals surface area (Å²) in [6.07, 6.45) is 2.03. The van der Waals surface area contributed by atoms with Crippen LogP contribution in [-0.2, 0) is 0 Å². The molecule has 1 fully saturated rings. The SMILES string of the molecule is COc1ccccc1NC(=O)N1CCCC1c1cccc(C)c1. The van der Waals surface area contributed by atoms with Crippen molar-refractivity contribution in [3.63, 3.8) is 0 Å². The largest absolute Gasteiger partial charge is 0.495 e. The first-order valence-electron chi connectivity index (χ1n) is 7.96. The molecule has 1 heterocycles. The Hall–Kier alpha value is -2.49. The van der Waals surface area contributed by atoms with E-state index >= 15 is 0 Å². The van der Waals surface area contributed by atoms with Crippen LogP contribution in [0.15, 0.2) is 48.5 Å². The van der Waals surface area contributed by atoms with E-state index in [9.17, 15) is 4.79 Å². The molecule has 1 N–H and O–H groups in total. The van der Waals surface area contributed by atoms with E-state index in [-0.39, 0.29) is 12.1 Å². The zero-order valence-corrected chi connectivity index (χ0v) is 13.6.